The van der Waals surface area contributed by atoms with Crippen molar-refractivity contribution in [3.05, 3.63) is 23.8 Å². The average Bonchev–Trinajstić information content (AvgIpc) is 2.35. The minimum absolute atomic E-state index is 0.102. The summed E-state index contributed by atoms with van der Waals surface area (Å²) in [7, 11) is 1.69. The van der Waals surface area contributed by atoms with Crippen LogP contribution >= 0.6 is 0 Å². The fourth-order valence-corrected chi connectivity index (χ4v) is 2.12. The van der Waals surface area contributed by atoms with Crippen LogP contribution in [0.1, 0.15) is 30.1 Å². The Balaban J connectivity index is 1.94. The molecule has 1 saturated carbocycles. The van der Waals surface area contributed by atoms with E-state index in [9.17, 15) is 4.79 Å². The van der Waals surface area contributed by atoms with Crippen LogP contribution in [-0.4, -0.2) is 31.8 Å². The first kappa shape index (κ1) is 13.7. The molecule has 0 spiro atoms. The van der Waals surface area contributed by atoms with Gasteiger partial charge in [0.2, 0.25) is 0 Å². The maximum atomic E-state index is 12.0. The number of amides is 1. The summed E-state index contributed by atoms with van der Waals surface area (Å²) < 4.78 is 10.5. The minimum Gasteiger partial charge on any atom is -0.492 e. The van der Waals surface area contributed by atoms with E-state index in [1.165, 1.54) is 0 Å². The molecule has 0 atom stereocenters. The molecule has 0 unspecified atom stereocenters. The number of nitrogens with two attached hydrogens (primary N) is 1. The van der Waals surface area contributed by atoms with Crippen LogP contribution in [-0.2, 0) is 4.74 Å². The lowest BCUT2D eigenvalue weighted by molar-refractivity contribution is 0.0176. The van der Waals surface area contributed by atoms with Gasteiger partial charge in [0.15, 0.2) is 0 Å². The molecular formula is C14H20N2O3. The van der Waals surface area contributed by atoms with Crippen molar-refractivity contribution < 1.29 is 14.3 Å². The first-order valence-electron chi connectivity index (χ1n) is 6.50. The van der Waals surface area contributed by atoms with Crippen molar-refractivity contribution in [2.45, 2.75) is 31.9 Å². The van der Waals surface area contributed by atoms with E-state index in [1.54, 1.807) is 25.3 Å². The number of hydrogen-bond acceptors (Lipinski definition) is 4. The number of rotatable bonds is 5. The monoisotopic (exact) mass is 264 g/mol. The number of benzene rings is 1. The predicted molar refractivity (Wildman–Crippen MR) is 73.3 cm³/mol. The van der Waals surface area contributed by atoms with Gasteiger partial charge in [-0.25, -0.2) is 0 Å². The Morgan fingerprint density at radius 1 is 1.47 bits per heavy atom. The van der Waals surface area contributed by atoms with Gasteiger partial charge in [0.05, 0.1) is 18.4 Å². The van der Waals surface area contributed by atoms with Crippen LogP contribution in [0.25, 0.3) is 0 Å². The van der Waals surface area contributed by atoms with Gasteiger partial charge in [0.1, 0.15) is 5.75 Å². The Labute approximate surface area is 113 Å². The molecule has 0 aromatic heterocycles. The molecule has 3 N–H and O–H groups in total. The lowest BCUT2D eigenvalue weighted by atomic mass is 9.89. The van der Waals surface area contributed by atoms with Gasteiger partial charge in [0, 0.05) is 18.7 Å². The zero-order valence-corrected chi connectivity index (χ0v) is 11.3. The quantitative estimate of drug-likeness (QED) is 0.792. The van der Waals surface area contributed by atoms with Crippen molar-refractivity contribution in [3.63, 3.8) is 0 Å². The van der Waals surface area contributed by atoms with Gasteiger partial charge in [-0.2, -0.15) is 0 Å². The highest BCUT2D eigenvalue weighted by molar-refractivity contribution is 5.95. The van der Waals surface area contributed by atoms with Crippen LogP contribution in [0.5, 0.6) is 5.75 Å². The van der Waals surface area contributed by atoms with Crippen LogP contribution in [0.2, 0.25) is 0 Å². The molecule has 5 heteroatoms. The lowest BCUT2D eigenvalue weighted by Gasteiger charge is -2.34. The zero-order chi connectivity index (χ0) is 13.8. The molecular weight excluding hydrogens is 244 g/mol. The fourth-order valence-electron chi connectivity index (χ4n) is 2.12. The minimum atomic E-state index is -0.102. The topological polar surface area (TPSA) is 73.6 Å². The summed E-state index contributed by atoms with van der Waals surface area (Å²) in [4.78, 5) is 12.0. The van der Waals surface area contributed by atoms with Crippen LogP contribution in [0.4, 0.5) is 5.69 Å². The molecule has 1 fully saturated rings. The van der Waals surface area contributed by atoms with Crippen LogP contribution in [0.3, 0.4) is 0 Å². The summed E-state index contributed by atoms with van der Waals surface area (Å²) in [5.74, 6) is 0.511. The van der Waals surface area contributed by atoms with Gasteiger partial charge in [-0.1, -0.05) is 0 Å². The average molecular weight is 264 g/mol. The molecule has 0 heterocycles. The Morgan fingerprint density at radius 3 is 2.79 bits per heavy atom. The molecule has 5 nitrogen and oxygen atoms in total. The Hall–Kier alpha value is -1.75. The van der Waals surface area contributed by atoms with Crippen molar-refractivity contribution in [1.82, 2.24) is 5.32 Å². The van der Waals surface area contributed by atoms with E-state index in [4.69, 9.17) is 15.2 Å². The van der Waals surface area contributed by atoms with E-state index in [0.717, 1.165) is 12.8 Å². The molecule has 0 radical (unpaired) electrons. The van der Waals surface area contributed by atoms with E-state index in [0.29, 0.717) is 23.6 Å². The SMILES string of the molecule is CCOc1ccc(C(=O)NC2CC(OC)C2)cc1N. The van der Waals surface area contributed by atoms with E-state index >= 15 is 0 Å². The van der Waals surface area contributed by atoms with Crippen LogP contribution < -0.4 is 15.8 Å². The maximum Gasteiger partial charge on any atom is 0.251 e. The van der Waals surface area contributed by atoms with E-state index < -0.39 is 0 Å². The first-order valence-corrected chi connectivity index (χ1v) is 6.50. The summed E-state index contributed by atoms with van der Waals surface area (Å²) in [5.41, 5.74) is 6.88. The maximum absolute atomic E-state index is 12.0. The number of carbonyl (C=O) groups is 1. The predicted octanol–water partition coefficient (Wildman–Crippen LogP) is 1.57. The summed E-state index contributed by atoms with van der Waals surface area (Å²) in [6.45, 7) is 2.44. The van der Waals surface area contributed by atoms with Gasteiger partial charge < -0.3 is 20.5 Å². The molecule has 0 saturated heterocycles. The second kappa shape index (κ2) is 5.93. The van der Waals surface area contributed by atoms with Gasteiger partial charge in [-0.15, -0.1) is 0 Å². The van der Waals surface area contributed by atoms with Gasteiger partial charge in [0.25, 0.3) is 5.91 Å². The molecule has 0 aliphatic heterocycles. The van der Waals surface area contributed by atoms with E-state index in [-0.39, 0.29) is 18.1 Å². The third-order valence-electron chi connectivity index (χ3n) is 3.34. The van der Waals surface area contributed by atoms with Crippen LogP contribution in [0, 0.1) is 0 Å². The Morgan fingerprint density at radius 2 is 2.21 bits per heavy atom. The number of carbonyl (C=O) groups excluding carboxylic acids is 1. The number of nitrogens with one attached hydrogen (secondary N) is 1. The lowest BCUT2D eigenvalue weighted by Crippen LogP contribution is -2.47. The summed E-state index contributed by atoms with van der Waals surface area (Å²) in [5, 5.41) is 2.96. The van der Waals surface area contributed by atoms with Gasteiger partial charge >= 0.3 is 0 Å². The second-order valence-corrected chi connectivity index (χ2v) is 4.69. The molecule has 1 aliphatic carbocycles. The first-order chi connectivity index (χ1) is 9.13. The van der Waals surface area contributed by atoms with Crippen molar-refractivity contribution in [3.8, 4) is 5.75 Å². The number of anilines is 1. The summed E-state index contributed by atoms with van der Waals surface area (Å²) in [6, 6.07) is 5.30. The van der Waals surface area contributed by atoms with E-state index in [1.807, 2.05) is 6.92 Å². The normalized spacial score (nSPS) is 21.6. The number of hydrogen-bond donors (Lipinski definition) is 2. The molecule has 1 aromatic rings. The molecule has 104 valence electrons. The number of nitrogen functional groups attached to an aromatic ring is 1. The van der Waals surface area contributed by atoms with Gasteiger partial charge in [-0.05, 0) is 38.0 Å². The third-order valence-corrected chi connectivity index (χ3v) is 3.34. The van der Waals surface area contributed by atoms with Crippen molar-refractivity contribution in [2.75, 3.05) is 19.5 Å². The van der Waals surface area contributed by atoms with Crippen molar-refractivity contribution in [1.29, 1.82) is 0 Å². The largest absolute Gasteiger partial charge is 0.492 e. The summed E-state index contributed by atoms with van der Waals surface area (Å²) >= 11 is 0. The molecule has 1 aliphatic rings. The Kier molecular flexibility index (Phi) is 4.27. The molecule has 2 rings (SSSR count). The highest BCUT2D eigenvalue weighted by Crippen LogP contribution is 2.25. The Bertz CT molecular complexity index is 456. The fraction of sp³-hybridized carbons (Fsp3) is 0.500. The molecule has 19 heavy (non-hydrogen) atoms. The third kappa shape index (κ3) is 3.17. The summed E-state index contributed by atoms with van der Waals surface area (Å²) in [6.07, 6.45) is 2.01. The molecule has 1 amide bonds. The number of methoxy groups -OCH3 is 1. The van der Waals surface area contributed by atoms with Gasteiger partial charge in [-0.3, -0.25) is 4.79 Å². The highest BCUT2D eigenvalue weighted by atomic mass is 16.5. The molecule has 0 bridgehead atoms. The van der Waals surface area contributed by atoms with Crippen LogP contribution in [0.15, 0.2) is 18.2 Å². The second-order valence-electron chi connectivity index (χ2n) is 4.69. The smallest absolute Gasteiger partial charge is 0.251 e. The van der Waals surface area contributed by atoms with Crippen molar-refractivity contribution >= 4 is 11.6 Å². The van der Waals surface area contributed by atoms with Crippen molar-refractivity contribution in [2.24, 2.45) is 0 Å². The zero-order valence-electron chi connectivity index (χ0n) is 11.3. The molecule has 1 aromatic carbocycles. The number of ether oxygens (including phenoxy) is 2. The van der Waals surface area contributed by atoms with E-state index in [2.05, 4.69) is 5.32 Å². The standard InChI is InChI=1S/C14H20N2O3/c1-3-19-13-5-4-9(6-12(13)15)14(17)16-10-7-11(8-10)18-2/h4-6,10-11H,3,7-8,15H2,1-2H3,(H,16,17). The highest BCUT2D eigenvalue weighted by Gasteiger charge is 2.30.